The molecule has 4 nitrogen and oxygen atoms in total. The van der Waals surface area contributed by atoms with E-state index in [1.54, 1.807) is 12.1 Å². The number of hydrogen-bond donors (Lipinski definition) is 1. The van der Waals surface area contributed by atoms with Crippen LogP contribution in [0.3, 0.4) is 0 Å². The Balaban J connectivity index is 1.98. The Bertz CT molecular complexity index is 977. The Morgan fingerprint density at radius 3 is 2.33 bits per heavy atom. The minimum Gasteiger partial charge on any atom is -0.321 e. The third kappa shape index (κ3) is 3.32. The van der Waals surface area contributed by atoms with Crippen LogP contribution in [0.4, 0.5) is 5.69 Å². The molecule has 0 aliphatic rings. The van der Waals surface area contributed by atoms with Crippen LogP contribution in [0.1, 0.15) is 11.3 Å². The highest BCUT2D eigenvalue weighted by Crippen LogP contribution is 2.24. The largest absolute Gasteiger partial charge is 0.321 e. The topological polar surface area (TPSA) is 51.1 Å². The average Bonchev–Trinajstić information content (AvgIpc) is 2.96. The maximum atomic E-state index is 12.6. The SMILES string of the molecule is Cc1ccc(-n2cccc2C)cc1NS(=O)(=O)c1ccc(Cl)cc1. The van der Waals surface area contributed by atoms with Crippen LogP contribution < -0.4 is 4.72 Å². The molecule has 24 heavy (non-hydrogen) atoms. The summed E-state index contributed by atoms with van der Waals surface area (Å²) in [5.74, 6) is 0. The number of anilines is 1. The predicted molar refractivity (Wildman–Crippen MR) is 97.5 cm³/mol. The van der Waals surface area contributed by atoms with Crippen LogP contribution in [0.5, 0.6) is 0 Å². The molecule has 0 atom stereocenters. The van der Waals surface area contributed by atoms with Gasteiger partial charge < -0.3 is 4.57 Å². The van der Waals surface area contributed by atoms with Crippen LogP contribution >= 0.6 is 11.6 Å². The first-order valence-corrected chi connectivity index (χ1v) is 9.26. The number of aromatic nitrogens is 1. The molecule has 0 aliphatic carbocycles. The summed E-state index contributed by atoms with van der Waals surface area (Å²) in [4.78, 5) is 0.175. The third-order valence-electron chi connectivity index (χ3n) is 3.82. The fourth-order valence-corrected chi connectivity index (χ4v) is 3.69. The van der Waals surface area contributed by atoms with E-state index in [2.05, 4.69) is 4.72 Å². The van der Waals surface area contributed by atoms with E-state index in [1.807, 2.05) is 54.9 Å². The zero-order chi connectivity index (χ0) is 17.3. The van der Waals surface area contributed by atoms with Crippen molar-refractivity contribution in [2.75, 3.05) is 4.72 Å². The normalized spacial score (nSPS) is 11.5. The molecule has 0 bridgehead atoms. The van der Waals surface area contributed by atoms with Gasteiger partial charge in [-0.25, -0.2) is 8.42 Å². The Morgan fingerprint density at radius 2 is 1.71 bits per heavy atom. The van der Waals surface area contributed by atoms with E-state index >= 15 is 0 Å². The van der Waals surface area contributed by atoms with E-state index < -0.39 is 10.0 Å². The quantitative estimate of drug-likeness (QED) is 0.742. The Kier molecular flexibility index (Phi) is 4.39. The van der Waals surface area contributed by atoms with Gasteiger partial charge in [0, 0.05) is 22.6 Å². The maximum Gasteiger partial charge on any atom is 0.261 e. The van der Waals surface area contributed by atoms with E-state index in [4.69, 9.17) is 11.6 Å². The van der Waals surface area contributed by atoms with Crippen molar-refractivity contribution in [1.29, 1.82) is 0 Å². The zero-order valence-electron chi connectivity index (χ0n) is 13.3. The number of aryl methyl sites for hydroxylation is 2. The number of hydrogen-bond acceptors (Lipinski definition) is 2. The molecule has 1 heterocycles. The van der Waals surface area contributed by atoms with Gasteiger partial charge in [-0.15, -0.1) is 0 Å². The molecule has 0 spiro atoms. The summed E-state index contributed by atoms with van der Waals surface area (Å²) >= 11 is 5.82. The summed E-state index contributed by atoms with van der Waals surface area (Å²) in [6.45, 7) is 3.86. The van der Waals surface area contributed by atoms with Gasteiger partial charge in [0.1, 0.15) is 0 Å². The molecule has 124 valence electrons. The van der Waals surface area contributed by atoms with Gasteiger partial charge >= 0.3 is 0 Å². The van der Waals surface area contributed by atoms with Crippen molar-refractivity contribution < 1.29 is 8.42 Å². The minimum atomic E-state index is -3.67. The average molecular weight is 361 g/mol. The first-order valence-electron chi connectivity index (χ1n) is 7.40. The van der Waals surface area contributed by atoms with Crippen LogP contribution in [0.15, 0.2) is 65.7 Å². The fourth-order valence-electron chi connectivity index (χ4n) is 2.44. The summed E-state index contributed by atoms with van der Waals surface area (Å²) in [7, 11) is -3.67. The van der Waals surface area contributed by atoms with Crippen molar-refractivity contribution in [3.8, 4) is 5.69 Å². The van der Waals surface area contributed by atoms with E-state index in [0.29, 0.717) is 10.7 Å². The number of benzene rings is 2. The Labute approximate surface area is 146 Å². The smallest absolute Gasteiger partial charge is 0.261 e. The molecule has 2 aromatic carbocycles. The molecule has 6 heteroatoms. The second-order valence-electron chi connectivity index (χ2n) is 5.58. The highest BCUT2D eigenvalue weighted by molar-refractivity contribution is 7.92. The number of nitrogens with zero attached hydrogens (tertiary/aromatic N) is 1. The number of nitrogens with one attached hydrogen (secondary N) is 1. The summed E-state index contributed by atoms with van der Waals surface area (Å²) < 4.78 is 29.8. The van der Waals surface area contributed by atoms with Gasteiger partial charge in [-0.1, -0.05) is 17.7 Å². The maximum absolute atomic E-state index is 12.6. The second-order valence-corrected chi connectivity index (χ2v) is 7.70. The van der Waals surface area contributed by atoms with Crippen LogP contribution in [-0.2, 0) is 10.0 Å². The minimum absolute atomic E-state index is 0.175. The molecule has 0 radical (unpaired) electrons. The third-order valence-corrected chi connectivity index (χ3v) is 5.45. The predicted octanol–water partition coefficient (Wildman–Crippen LogP) is 4.55. The molecule has 3 aromatic rings. The molecule has 0 unspecified atom stereocenters. The zero-order valence-corrected chi connectivity index (χ0v) is 14.9. The molecule has 0 fully saturated rings. The summed E-state index contributed by atoms with van der Waals surface area (Å²) in [6.07, 6.45) is 1.94. The molecular weight excluding hydrogens is 344 g/mol. The van der Waals surface area contributed by atoms with Crippen LogP contribution in [0.2, 0.25) is 5.02 Å². The lowest BCUT2D eigenvalue weighted by Gasteiger charge is -2.14. The standard InChI is InChI=1S/C18H17ClN2O2S/c1-13-5-8-16(21-11-3-4-14(21)2)12-18(13)20-24(22,23)17-9-6-15(19)7-10-17/h3-12,20H,1-2H3. The lowest BCUT2D eigenvalue weighted by atomic mass is 10.2. The second kappa shape index (κ2) is 6.34. The molecule has 0 aliphatic heterocycles. The van der Waals surface area contributed by atoms with Gasteiger partial charge in [-0.2, -0.15) is 0 Å². The summed E-state index contributed by atoms with van der Waals surface area (Å²) in [5.41, 5.74) is 3.37. The summed E-state index contributed by atoms with van der Waals surface area (Å²) in [6, 6.07) is 15.7. The molecular formula is C18H17ClN2O2S. The fraction of sp³-hybridized carbons (Fsp3) is 0.111. The van der Waals surface area contributed by atoms with E-state index in [-0.39, 0.29) is 4.90 Å². The molecule has 1 aromatic heterocycles. The van der Waals surface area contributed by atoms with E-state index in [0.717, 1.165) is 16.9 Å². The first-order chi connectivity index (χ1) is 11.4. The van der Waals surface area contributed by atoms with Crippen molar-refractivity contribution in [1.82, 2.24) is 4.57 Å². The molecule has 0 amide bonds. The molecule has 3 rings (SSSR count). The highest BCUT2D eigenvalue weighted by Gasteiger charge is 2.15. The number of sulfonamides is 1. The van der Waals surface area contributed by atoms with Crippen molar-refractivity contribution in [3.05, 3.63) is 77.1 Å². The number of rotatable bonds is 4. The van der Waals surface area contributed by atoms with Crippen LogP contribution in [0, 0.1) is 13.8 Å². The molecule has 1 N–H and O–H groups in total. The van der Waals surface area contributed by atoms with Crippen molar-refractivity contribution in [2.45, 2.75) is 18.7 Å². The van der Waals surface area contributed by atoms with Gasteiger partial charge in [0.25, 0.3) is 10.0 Å². The van der Waals surface area contributed by atoms with Gasteiger partial charge in [-0.3, -0.25) is 4.72 Å². The van der Waals surface area contributed by atoms with Crippen molar-refractivity contribution in [3.63, 3.8) is 0 Å². The Morgan fingerprint density at radius 1 is 1.00 bits per heavy atom. The monoisotopic (exact) mass is 360 g/mol. The molecule has 0 saturated heterocycles. The van der Waals surface area contributed by atoms with Gasteiger partial charge in [0.15, 0.2) is 0 Å². The van der Waals surface area contributed by atoms with Crippen molar-refractivity contribution in [2.24, 2.45) is 0 Å². The lowest BCUT2D eigenvalue weighted by molar-refractivity contribution is 0.601. The Hall–Kier alpha value is -2.24. The van der Waals surface area contributed by atoms with Crippen LogP contribution in [0.25, 0.3) is 5.69 Å². The summed E-state index contributed by atoms with van der Waals surface area (Å²) in [5, 5.41) is 0.496. The highest BCUT2D eigenvalue weighted by atomic mass is 35.5. The van der Waals surface area contributed by atoms with E-state index in [1.165, 1.54) is 12.1 Å². The molecule has 0 saturated carbocycles. The first kappa shape index (κ1) is 16.6. The van der Waals surface area contributed by atoms with Crippen LogP contribution in [-0.4, -0.2) is 13.0 Å². The van der Waals surface area contributed by atoms with Crippen molar-refractivity contribution >= 4 is 27.3 Å². The number of halogens is 1. The lowest BCUT2D eigenvalue weighted by Crippen LogP contribution is -2.14. The van der Waals surface area contributed by atoms with Gasteiger partial charge in [-0.05, 0) is 67.9 Å². The van der Waals surface area contributed by atoms with Gasteiger partial charge in [0.05, 0.1) is 10.6 Å². The van der Waals surface area contributed by atoms with E-state index in [9.17, 15) is 8.42 Å². The van der Waals surface area contributed by atoms with Gasteiger partial charge in [0.2, 0.25) is 0 Å².